The molecule has 1 unspecified atom stereocenters. The zero-order valence-electron chi connectivity index (χ0n) is 34.3. The van der Waals surface area contributed by atoms with Gasteiger partial charge >= 0.3 is 5.97 Å². The van der Waals surface area contributed by atoms with E-state index in [9.17, 15) is 4.79 Å². The maximum absolute atomic E-state index is 14.2. The van der Waals surface area contributed by atoms with Gasteiger partial charge in [-0.25, -0.2) is 4.79 Å². The largest absolute Gasteiger partial charge is 0.478 e. The lowest BCUT2D eigenvalue weighted by Crippen LogP contribution is -2.49. The molecular weight excluding hydrogens is 681 g/mol. The molecule has 0 spiro atoms. The van der Waals surface area contributed by atoms with Gasteiger partial charge in [0.1, 0.15) is 11.9 Å². The number of allylic oxidation sites excluding steroid dienone is 2. The topological polar surface area (TPSA) is 63.2 Å². The maximum Gasteiger partial charge on any atom is 0.347 e. The first-order chi connectivity index (χ1) is 24.3. The highest BCUT2D eigenvalue weighted by Crippen LogP contribution is 2.47. The Morgan fingerprint density at radius 2 is 1.58 bits per heavy atom. The van der Waals surface area contributed by atoms with E-state index in [4.69, 9.17) is 23.1 Å². The van der Waals surface area contributed by atoms with Crippen molar-refractivity contribution in [1.29, 1.82) is 0 Å². The summed E-state index contributed by atoms with van der Waals surface area (Å²) in [6.45, 7) is 28.1. The summed E-state index contributed by atoms with van der Waals surface area (Å²) in [6.07, 6.45) is 11.3. The molecule has 2 aromatic rings. The molecule has 2 aliphatic carbocycles. The normalized spacial score (nSPS) is 27.8. The van der Waals surface area contributed by atoms with Crippen LogP contribution in [0.25, 0.3) is 10.8 Å². The van der Waals surface area contributed by atoms with E-state index < -0.39 is 22.7 Å². The van der Waals surface area contributed by atoms with E-state index in [2.05, 4.69) is 105 Å². The number of ether oxygens (including phenoxy) is 3. The van der Waals surface area contributed by atoms with Gasteiger partial charge in [-0.1, -0.05) is 110 Å². The van der Waals surface area contributed by atoms with E-state index in [1.807, 2.05) is 37.3 Å². The van der Waals surface area contributed by atoms with Gasteiger partial charge in [-0.15, -0.1) is 0 Å². The molecule has 1 heterocycles. The minimum atomic E-state index is -2.09. The van der Waals surface area contributed by atoms with Crippen LogP contribution in [0.15, 0.2) is 66.3 Å². The molecule has 8 heteroatoms. The molecule has 0 N–H and O–H groups in total. The lowest BCUT2D eigenvalue weighted by Gasteiger charge is -2.46. The monoisotopic (exact) mass is 748 g/mol. The number of hydrogen-bond acceptors (Lipinski definition) is 6. The Morgan fingerprint density at radius 3 is 2.27 bits per heavy atom. The van der Waals surface area contributed by atoms with Gasteiger partial charge in [0.05, 0.1) is 12.2 Å². The van der Waals surface area contributed by atoms with Crippen molar-refractivity contribution in [3.05, 3.63) is 66.3 Å². The molecule has 0 aromatic heterocycles. The second kappa shape index (κ2) is 16.2. The van der Waals surface area contributed by atoms with Crippen LogP contribution in [-0.2, 0) is 23.1 Å². The molecule has 2 aromatic carbocycles. The van der Waals surface area contributed by atoms with Crippen molar-refractivity contribution >= 4 is 33.4 Å². The Morgan fingerprint density at radius 1 is 0.904 bits per heavy atom. The van der Waals surface area contributed by atoms with Crippen LogP contribution in [0.5, 0.6) is 5.75 Å². The fraction of sp³-hybridized carbons (Fsp3) is 0.659. The summed E-state index contributed by atoms with van der Waals surface area (Å²) in [5.74, 6) is 1.15. The van der Waals surface area contributed by atoms with Gasteiger partial charge in [0, 0.05) is 30.4 Å². The number of hydrogen-bond donors (Lipinski definition) is 0. The van der Waals surface area contributed by atoms with Crippen LogP contribution >= 0.6 is 0 Å². The summed E-state index contributed by atoms with van der Waals surface area (Å²) < 4.78 is 33.4. The number of carbonyl (C=O) groups excluding carboxylic acids is 1. The minimum absolute atomic E-state index is 0.0692. The van der Waals surface area contributed by atoms with Gasteiger partial charge in [-0.3, -0.25) is 0 Å². The minimum Gasteiger partial charge on any atom is -0.478 e. The molecule has 1 aliphatic heterocycles. The van der Waals surface area contributed by atoms with Crippen molar-refractivity contribution in [2.45, 2.75) is 161 Å². The fourth-order valence-corrected chi connectivity index (χ4v) is 10.4. The molecule has 6 nitrogen and oxygen atoms in total. The molecule has 288 valence electrons. The molecule has 1 saturated heterocycles. The molecular formula is C44H68O6Si2. The first-order valence-corrected chi connectivity index (χ1v) is 25.8. The predicted octanol–water partition coefficient (Wildman–Crippen LogP) is 11.4. The van der Waals surface area contributed by atoms with Gasteiger partial charge in [0.2, 0.25) is 0 Å². The highest BCUT2D eigenvalue weighted by molar-refractivity contribution is 6.74. The first kappa shape index (κ1) is 40.9. The number of carbonyl (C=O) groups is 1. The van der Waals surface area contributed by atoms with Gasteiger partial charge in [-0.05, 0) is 97.2 Å². The van der Waals surface area contributed by atoms with Crippen molar-refractivity contribution in [3.8, 4) is 5.75 Å². The molecule has 1 fully saturated rings. The van der Waals surface area contributed by atoms with Crippen LogP contribution in [0.3, 0.4) is 0 Å². The van der Waals surface area contributed by atoms with E-state index in [-0.39, 0.29) is 46.4 Å². The highest BCUT2D eigenvalue weighted by Gasteiger charge is 2.46. The van der Waals surface area contributed by atoms with Gasteiger partial charge in [-0.2, -0.15) is 0 Å². The lowest BCUT2D eigenvalue weighted by atomic mass is 9.66. The van der Waals surface area contributed by atoms with Gasteiger partial charge in [0.25, 0.3) is 0 Å². The quantitative estimate of drug-likeness (QED) is 0.159. The Bertz CT molecular complexity index is 1580. The van der Waals surface area contributed by atoms with Crippen molar-refractivity contribution in [1.82, 2.24) is 0 Å². The lowest BCUT2D eigenvalue weighted by molar-refractivity contribution is -0.163. The standard InChI is InChI=1S/C44H68O6Si2/c1-13-38(47-39-20-16-18-31-17-14-15-19-37(31)39)42(45)48-40-29-35(50-52(11,12)44(6,7)8)27-32-22-21-30(2)36(41(32)40)24-23-33-28-34(25-26-46-33)49-51(9,10)43(3,4)5/h14-22,27,30,33-36,38,40-41H,13,23-26,28-29H2,1-12H3/t30-,33+,34+,35+,36-,38?,40-,41-/m0/s1. The average Bonchev–Trinajstić information content (AvgIpc) is 3.05. The van der Waals surface area contributed by atoms with E-state index in [0.717, 1.165) is 43.1 Å². The average molecular weight is 749 g/mol. The third-order valence-corrected chi connectivity index (χ3v) is 22.0. The molecule has 8 atom stereocenters. The van der Waals surface area contributed by atoms with Crippen molar-refractivity contribution in [3.63, 3.8) is 0 Å². The third-order valence-electron chi connectivity index (χ3n) is 12.9. The second-order valence-corrected chi connectivity index (χ2v) is 28.3. The molecule has 3 aliphatic rings. The van der Waals surface area contributed by atoms with E-state index >= 15 is 0 Å². The van der Waals surface area contributed by atoms with Crippen LogP contribution in [0, 0.1) is 17.8 Å². The van der Waals surface area contributed by atoms with E-state index in [0.29, 0.717) is 30.4 Å². The molecule has 5 rings (SSSR count). The molecule has 0 saturated carbocycles. The Labute approximate surface area is 317 Å². The highest BCUT2D eigenvalue weighted by atomic mass is 28.4. The van der Waals surface area contributed by atoms with Crippen LogP contribution in [0.2, 0.25) is 36.3 Å². The number of rotatable bonds is 12. The Balaban J connectivity index is 1.36. The number of fused-ring (bicyclic) bond motifs is 2. The molecule has 0 bridgehead atoms. The van der Waals surface area contributed by atoms with Gasteiger partial charge < -0.3 is 23.1 Å². The predicted molar refractivity (Wildman–Crippen MR) is 219 cm³/mol. The fourth-order valence-electron chi connectivity index (χ4n) is 7.71. The maximum atomic E-state index is 14.2. The second-order valence-electron chi connectivity index (χ2n) is 18.8. The number of benzene rings is 2. The summed E-state index contributed by atoms with van der Waals surface area (Å²) in [5.41, 5.74) is 1.24. The zero-order chi connectivity index (χ0) is 38.1. The van der Waals surface area contributed by atoms with Crippen molar-refractivity contribution in [2.75, 3.05) is 6.61 Å². The summed E-state index contributed by atoms with van der Waals surface area (Å²) in [4.78, 5) is 14.2. The van der Waals surface area contributed by atoms with Crippen LogP contribution in [0.1, 0.15) is 93.9 Å². The number of esters is 1. The summed E-state index contributed by atoms with van der Waals surface area (Å²) in [6, 6.07) is 14.1. The van der Waals surface area contributed by atoms with E-state index in [1.165, 1.54) is 5.57 Å². The van der Waals surface area contributed by atoms with E-state index in [1.54, 1.807) is 0 Å². The Kier molecular flexibility index (Phi) is 12.8. The summed E-state index contributed by atoms with van der Waals surface area (Å²) >= 11 is 0. The zero-order valence-corrected chi connectivity index (χ0v) is 36.3. The first-order valence-electron chi connectivity index (χ1n) is 20.0. The molecule has 0 amide bonds. The van der Waals surface area contributed by atoms with Crippen LogP contribution < -0.4 is 4.74 Å². The SMILES string of the molecule is CCC(Oc1cccc2ccccc12)C(=O)O[C@H]1C[C@H](O[Si](C)(C)C(C)(C)C)C=C2C=C[C@H](C)[C@H](CC[C@@H]3C[C@H](O[Si](C)(C)C(C)(C)C)CCO3)[C@H]21. The smallest absolute Gasteiger partial charge is 0.347 e. The van der Waals surface area contributed by atoms with Crippen molar-refractivity contribution < 1.29 is 27.9 Å². The Hall–Kier alpha value is -2.24. The summed E-state index contributed by atoms with van der Waals surface area (Å²) in [7, 11) is -3.95. The van der Waals surface area contributed by atoms with Crippen LogP contribution in [0.4, 0.5) is 0 Å². The van der Waals surface area contributed by atoms with Crippen LogP contribution in [-0.4, -0.2) is 59.7 Å². The van der Waals surface area contributed by atoms with Crippen molar-refractivity contribution in [2.24, 2.45) is 17.8 Å². The third kappa shape index (κ3) is 9.52. The summed E-state index contributed by atoms with van der Waals surface area (Å²) in [5, 5.41) is 2.33. The van der Waals surface area contributed by atoms with Gasteiger partial charge in [0.15, 0.2) is 22.7 Å². The molecule has 52 heavy (non-hydrogen) atoms. The molecule has 0 radical (unpaired) electrons.